The van der Waals surface area contributed by atoms with Crippen molar-refractivity contribution in [1.29, 1.82) is 0 Å². The maximum Gasteiger partial charge on any atom is 0.280 e. The van der Waals surface area contributed by atoms with Gasteiger partial charge in [0.1, 0.15) is 6.23 Å². The monoisotopic (exact) mass is 283 g/mol. The van der Waals surface area contributed by atoms with E-state index < -0.39 is 17.9 Å². The Morgan fingerprint density at radius 1 is 1.68 bits per heavy atom. The molecule has 0 saturated carbocycles. The number of nitrogens with two attached hydrogens (primary N) is 1. The molecule has 0 aliphatic carbocycles. The van der Waals surface area contributed by atoms with Gasteiger partial charge in [-0.25, -0.2) is 4.98 Å². The van der Waals surface area contributed by atoms with E-state index in [0.29, 0.717) is 17.8 Å². The van der Waals surface area contributed by atoms with Gasteiger partial charge in [-0.1, -0.05) is 0 Å². The second kappa shape index (κ2) is 4.51. The highest BCUT2D eigenvalue weighted by Gasteiger charge is 2.34. The number of nitrogens with zero attached hydrogens (tertiary/aromatic N) is 3. The number of nitrogens with one attached hydrogen (secondary N) is 1. The van der Waals surface area contributed by atoms with Gasteiger partial charge >= 0.3 is 0 Å². The summed E-state index contributed by atoms with van der Waals surface area (Å²) in [5, 5.41) is 9.82. The molecule has 0 bridgehead atoms. The number of anilines is 1. The van der Waals surface area contributed by atoms with E-state index in [0.717, 1.165) is 0 Å². The average Bonchev–Trinajstić information content (AvgIpc) is 2.92. The molecule has 3 heterocycles. The highest BCUT2D eigenvalue weighted by molar-refractivity contribution is 7.80. The van der Waals surface area contributed by atoms with Crippen LogP contribution in [-0.4, -0.2) is 42.6 Å². The van der Waals surface area contributed by atoms with E-state index in [-0.39, 0.29) is 17.6 Å². The van der Waals surface area contributed by atoms with Crippen molar-refractivity contribution in [1.82, 2.24) is 19.5 Å². The van der Waals surface area contributed by atoms with Crippen LogP contribution in [0, 0.1) is 0 Å². The highest BCUT2D eigenvalue weighted by atomic mass is 32.1. The van der Waals surface area contributed by atoms with Crippen LogP contribution >= 0.6 is 12.6 Å². The van der Waals surface area contributed by atoms with E-state index in [1.165, 1.54) is 6.33 Å². The van der Waals surface area contributed by atoms with Crippen LogP contribution in [0.5, 0.6) is 0 Å². The number of rotatable bonds is 2. The zero-order valence-corrected chi connectivity index (χ0v) is 10.7. The largest absolute Gasteiger partial charge is 0.390 e. The van der Waals surface area contributed by atoms with Gasteiger partial charge in [0.05, 0.1) is 18.5 Å². The van der Waals surface area contributed by atoms with Gasteiger partial charge in [0, 0.05) is 12.2 Å². The van der Waals surface area contributed by atoms with Crippen LogP contribution < -0.4 is 11.3 Å². The van der Waals surface area contributed by atoms with E-state index in [1.807, 2.05) is 0 Å². The van der Waals surface area contributed by atoms with Crippen molar-refractivity contribution in [2.75, 3.05) is 11.5 Å². The van der Waals surface area contributed by atoms with Gasteiger partial charge in [-0.3, -0.25) is 14.3 Å². The highest BCUT2D eigenvalue weighted by Crippen LogP contribution is 2.30. The summed E-state index contributed by atoms with van der Waals surface area (Å²) >= 11 is 4.12. The fraction of sp³-hybridized carbons (Fsp3) is 0.500. The third-order valence-electron chi connectivity index (χ3n) is 3.15. The summed E-state index contributed by atoms with van der Waals surface area (Å²) in [6.45, 7) is 0. The van der Waals surface area contributed by atoms with Crippen LogP contribution in [0.3, 0.4) is 0 Å². The number of aliphatic hydroxyl groups is 1. The van der Waals surface area contributed by atoms with E-state index in [9.17, 15) is 9.90 Å². The molecule has 102 valence electrons. The minimum absolute atomic E-state index is 0.0172. The summed E-state index contributed by atoms with van der Waals surface area (Å²) in [6, 6.07) is 0. The summed E-state index contributed by atoms with van der Waals surface area (Å²) in [7, 11) is 0. The Kier molecular flexibility index (Phi) is 2.96. The lowest BCUT2D eigenvalue weighted by molar-refractivity contribution is -0.00353. The molecule has 3 atom stereocenters. The number of aliphatic hydroxyl groups excluding tert-OH is 1. The minimum atomic E-state index is -0.598. The summed E-state index contributed by atoms with van der Waals surface area (Å²) in [6.07, 6.45) is 0.491. The lowest BCUT2D eigenvalue weighted by Crippen LogP contribution is -2.22. The Morgan fingerprint density at radius 2 is 2.47 bits per heavy atom. The number of hydrogen-bond donors (Lipinski definition) is 4. The molecular weight excluding hydrogens is 270 g/mol. The van der Waals surface area contributed by atoms with Gasteiger partial charge in [0.15, 0.2) is 11.2 Å². The summed E-state index contributed by atoms with van der Waals surface area (Å²) < 4.78 is 7.26. The predicted octanol–water partition coefficient (Wildman–Crippen LogP) is -0.720. The molecule has 0 amide bonds. The minimum Gasteiger partial charge on any atom is -0.390 e. The maximum atomic E-state index is 11.7. The lowest BCUT2D eigenvalue weighted by atomic mass is 10.2. The van der Waals surface area contributed by atoms with Crippen molar-refractivity contribution in [3.05, 3.63) is 16.7 Å². The standard InChI is InChI=1S/C10H13N5O3S/c11-10-13-8-7(9(17)14-10)12-3-15(8)6-1-4(16)5(2-19)18-6/h3-6,16,19H,1-2H2,(H3,11,13,14,17)/t4-,5+,6+/m0/s1. The Morgan fingerprint density at radius 3 is 3.16 bits per heavy atom. The summed E-state index contributed by atoms with van der Waals surface area (Å²) in [4.78, 5) is 22.1. The Hall–Kier alpha value is -1.58. The second-order valence-electron chi connectivity index (χ2n) is 4.39. The number of fused-ring (bicyclic) bond motifs is 1. The first kappa shape index (κ1) is 12.5. The molecule has 0 unspecified atom stereocenters. The Bertz CT molecular complexity index is 669. The number of aromatic nitrogens is 4. The van der Waals surface area contributed by atoms with E-state index >= 15 is 0 Å². The molecule has 9 heteroatoms. The van der Waals surface area contributed by atoms with Crippen molar-refractivity contribution < 1.29 is 9.84 Å². The summed E-state index contributed by atoms with van der Waals surface area (Å²) in [5.74, 6) is 0.434. The van der Waals surface area contributed by atoms with Crippen LogP contribution in [-0.2, 0) is 4.74 Å². The van der Waals surface area contributed by atoms with Crippen LogP contribution in [0.2, 0.25) is 0 Å². The quantitative estimate of drug-likeness (QED) is 0.540. The third-order valence-corrected chi connectivity index (χ3v) is 3.50. The molecule has 2 aromatic heterocycles. The van der Waals surface area contributed by atoms with Crippen molar-refractivity contribution in [3.63, 3.8) is 0 Å². The van der Waals surface area contributed by atoms with Gasteiger partial charge in [-0.05, 0) is 0 Å². The molecule has 0 aromatic carbocycles. The SMILES string of the molecule is Nc1nc2c(ncn2[C@H]2C[C@H](O)[C@@H](CS)O2)c(=O)[nH]1. The zero-order chi connectivity index (χ0) is 13.6. The molecule has 1 aliphatic heterocycles. The van der Waals surface area contributed by atoms with Crippen molar-refractivity contribution in [2.45, 2.75) is 24.9 Å². The Labute approximate surface area is 113 Å². The summed E-state index contributed by atoms with van der Waals surface area (Å²) in [5.41, 5.74) is 5.67. The number of ether oxygens (including phenoxy) is 1. The smallest absolute Gasteiger partial charge is 0.280 e. The molecule has 3 rings (SSSR count). The number of thiol groups is 1. The number of H-pyrrole nitrogens is 1. The predicted molar refractivity (Wildman–Crippen MR) is 70.9 cm³/mol. The zero-order valence-electron chi connectivity index (χ0n) is 9.85. The number of hydrogen-bond acceptors (Lipinski definition) is 7. The molecule has 1 aliphatic rings. The lowest BCUT2D eigenvalue weighted by Gasteiger charge is -2.13. The fourth-order valence-electron chi connectivity index (χ4n) is 2.20. The van der Waals surface area contributed by atoms with Crippen molar-refractivity contribution in [3.8, 4) is 0 Å². The number of imidazole rings is 1. The molecule has 2 aromatic rings. The topological polar surface area (TPSA) is 119 Å². The van der Waals surface area contributed by atoms with Crippen LogP contribution in [0.15, 0.2) is 11.1 Å². The van der Waals surface area contributed by atoms with Gasteiger partial charge < -0.3 is 15.6 Å². The van der Waals surface area contributed by atoms with Crippen LogP contribution in [0.1, 0.15) is 12.6 Å². The Balaban J connectivity index is 2.05. The van der Waals surface area contributed by atoms with E-state index in [1.54, 1.807) is 4.57 Å². The molecule has 8 nitrogen and oxygen atoms in total. The van der Waals surface area contributed by atoms with Gasteiger partial charge in [0.2, 0.25) is 5.95 Å². The number of aromatic amines is 1. The van der Waals surface area contributed by atoms with Gasteiger partial charge in [-0.2, -0.15) is 17.6 Å². The fourth-order valence-corrected chi connectivity index (χ4v) is 2.53. The molecular formula is C10H13N5O3S. The average molecular weight is 283 g/mol. The van der Waals surface area contributed by atoms with Crippen LogP contribution in [0.25, 0.3) is 11.2 Å². The van der Waals surface area contributed by atoms with E-state index in [2.05, 4.69) is 27.6 Å². The third kappa shape index (κ3) is 1.99. The van der Waals surface area contributed by atoms with Gasteiger partial charge in [-0.15, -0.1) is 0 Å². The van der Waals surface area contributed by atoms with E-state index in [4.69, 9.17) is 10.5 Å². The van der Waals surface area contributed by atoms with Crippen molar-refractivity contribution in [2.24, 2.45) is 0 Å². The van der Waals surface area contributed by atoms with Crippen molar-refractivity contribution >= 4 is 29.7 Å². The van der Waals surface area contributed by atoms with Gasteiger partial charge in [0.25, 0.3) is 5.56 Å². The second-order valence-corrected chi connectivity index (χ2v) is 4.76. The molecule has 1 saturated heterocycles. The molecule has 19 heavy (non-hydrogen) atoms. The number of nitrogen functional groups attached to an aromatic ring is 1. The first-order valence-corrected chi connectivity index (χ1v) is 6.40. The maximum absolute atomic E-state index is 11.7. The molecule has 1 fully saturated rings. The van der Waals surface area contributed by atoms with Crippen LogP contribution in [0.4, 0.5) is 5.95 Å². The first-order chi connectivity index (χ1) is 9.10. The first-order valence-electron chi connectivity index (χ1n) is 5.77. The molecule has 0 radical (unpaired) electrons. The molecule has 4 N–H and O–H groups in total. The normalized spacial score (nSPS) is 27.2. The molecule has 0 spiro atoms.